The van der Waals surface area contributed by atoms with Crippen molar-refractivity contribution >= 4 is 11.6 Å². The first kappa shape index (κ1) is 13.9. The zero-order valence-corrected chi connectivity index (χ0v) is 11.5. The van der Waals surface area contributed by atoms with Crippen molar-refractivity contribution < 1.29 is 14.6 Å². The number of aliphatic hydroxyl groups is 1. The van der Waals surface area contributed by atoms with Gasteiger partial charge in [0, 0.05) is 5.69 Å². The molecule has 0 aromatic heterocycles. The Kier molecular flexibility index (Phi) is 4.43. The van der Waals surface area contributed by atoms with Crippen LogP contribution in [0.15, 0.2) is 18.2 Å². The number of anilines is 1. The number of hydrogen-bond acceptors (Lipinski definition) is 3. The van der Waals surface area contributed by atoms with Gasteiger partial charge in [-0.25, -0.2) is 0 Å². The van der Waals surface area contributed by atoms with E-state index in [1.54, 1.807) is 0 Å². The normalized spacial score (nSPS) is 22.3. The molecule has 4 heteroatoms. The molecule has 1 amide bonds. The Morgan fingerprint density at radius 1 is 1.47 bits per heavy atom. The van der Waals surface area contributed by atoms with Gasteiger partial charge in [-0.3, -0.25) is 4.79 Å². The van der Waals surface area contributed by atoms with E-state index < -0.39 is 6.10 Å². The molecular formula is C15H21NO3. The minimum Gasteiger partial charge on any atom is -0.494 e. The van der Waals surface area contributed by atoms with Gasteiger partial charge in [0.1, 0.15) is 5.75 Å². The summed E-state index contributed by atoms with van der Waals surface area (Å²) in [5, 5.41) is 12.6. The first-order chi connectivity index (χ1) is 9.11. The third kappa shape index (κ3) is 3.26. The smallest absolute Gasteiger partial charge is 0.230 e. The van der Waals surface area contributed by atoms with E-state index in [-0.39, 0.29) is 11.8 Å². The van der Waals surface area contributed by atoms with Crippen molar-refractivity contribution in [3.8, 4) is 5.75 Å². The van der Waals surface area contributed by atoms with Crippen LogP contribution in [0.3, 0.4) is 0 Å². The predicted molar refractivity (Wildman–Crippen MR) is 74.3 cm³/mol. The predicted octanol–water partition coefficient (Wildman–Crippen LogP) is 2.49. The van der Waals surface area contributed by atoms with Crippen LogP contribution in [0.1, 0.15) is 31.7 Å². The summed E-state index contributed by atoms with van der Waals surface area (Å²) in [4.78, 5) is 12.1. The van der Waals surface area contributed by atoms with Crippen molar-refractivity contribution in [3.05, 3.63) is 23.8 Å². The molecule has 2 N–H and O–H groups in total. The van der Waals surface area contributed by atoms with E-state index >= 15 is 0 Å². The van der Waals surface area contributed by atoms with Crippen molar-refractivity contribution in [2.75, 3.05) is 11.9 Å². The highest BCUT2D eigenvalue weighted by Crippen LogP contribution is 2.28. The maximum Gasteiger partial charge on any atom is 0.230 e. The molecule has 0 heterocycles. The largest absolute Gasteiger partial charge is 0.494 e. The van der Waals surface area contributed by atoms with Gasteiger partial charge in [-0.1, -0.05) is 0 Å². The van der Waals surface area contributed by atoms with Gasteiger partial charge in [0.2, 0.25) is 5.91 Å². The molecule has 0 spiro atoms. The zero-order chi connectivity index (χ0) is 13.8. The van der Waals surface area contributed by atoms with Crippen molar-refractivity contribution in [1.29, 1.82) is 0 Å². The van der Waals surface area contributed by atoms with Crippen LogP contribution in [-0.4, -0.2) is 23.7 Å². The minimum atomic E-state index is -0.497. The maximum atomic E-state index is 12.1. The summed E-state index contributed by atoms with van der Waals surface area (Å²) in [7, 11) is 0. The van der Waals surface area contributed by atoms with Gasteiger partial charge in [-0.2, -0.15) is 0 Å². The van der Waals surface area contributed by atoms with Gasteiger partial charge >= 0.3 is 0 Å². The molecule has 1 fully saturated rings. The highest BCUT2D eigenvalue weighted by atomic mass is 16.5. The van der Waals surface area contributed by atoms with E-state index in [9.17, 15) is 9.90 Å². The van der Waals surface area contributed by atoms with Crippen LogP contribution in [-0.2, 0) is 4.79 Å². The first-order valence-electron chi connectivity index (χ1n) is 6.84. The minimum absolute atomic E-state index is 0.0859. The van der Waals surface area contributed by atoms with Crippen molar-refractivity contribution in [2.24, 2.45) is 5.92 Å². The molecule has 1 aliphatic rings. The Morgan fingerprint density at radius 3 is 2.84 bits per heavy atom. The van der Waals surface area contributed by atoms with Crippen LogP contribution in [0, 0.1) is 12.8 Å². The van der Waals surface area contributed by atoms with Crippen LogP contribution in [0.2, 0.25) is 0 Å². The molecule has 1 aromatic carbocycles. The number of ether oxygens (including phenoxy) is 1. The molecule has 4 nitrogen and oxygen atoms in total. The van der Waals surface area contributed by atoms with Crippen molar-refractivity contribution in [2.45, 2.75) is 39.2 Å². The summed E-state index contributed by atoms with van der Waals surface area (Å²) >= 11 is 0. The van der Waals surface area contributed by atoms with Gasteiger partial charge in [0.25, 0.3) is 0 Å². The molecule has 1 saturated carbocycles. The Labute approximate surface area is 113 Å². The SMILES string of the molecule is CCOc1ccc(NC(=O)C2CCCC2O)c(C)c1. The fraction of sp³-hybridized carbons (Fsp3) is 0.533. The van der Waals surface area contributed by atoms with Crippen LogP contribution in [0.5, 0.6) is 5.75 Å². The summed E-state index contributed by atoms with van der Waals surface area (Å²) in [5.41, 5.74) is 1.75. The Bertz CT molecular complexity index is 459. The molecular weight excluding hydrogens is 242 g/mol. The van der Waals surface area contributed by atoms with Gasteiger partial charge in [-0.05, 0) is 56.9 Å². The number of amides is 1. The van der Waals surface area contributed by atoms with Crippen molar-refractivity contribution in [1.82, 2.24) is 0 Å². The fourth-order valence-corrected chi connectivity index (χ4v) is 2.50. The molecule has 0 radical (unpaired) electrons. The molecule has 1 aliphatic carbocycles. The average Bonchev–Trinajstić information content (AvgIpc) is 2.79. The number of carbonyl (C=O) groups excluding carboxylic acids is 1. The lowest BCUT2D eigenvalue weighted by atomic mass is 10.0. The third-order valence-electron chi connectivity index (χ3n) is 3.58. The number of benzene rings is 1. The second-order valence-corrected chi connectivity index (χ2v) is 5.00. The molecule has 19 heavy (non-hydrogen) atoms. The van der Waals surface area contributed by atoms with Crippen LogP contribution in [0.4, 0.5) is 5.69 Å². The van der Waals surface area contributed by atoms with Gasteiger partial charge in [0.05, 0.1) is 18.6 Å². The molecule has 2 rings (SSSR count). The van der Waals surface area contributed by atoms with E-state index in [1.165, 1.54) is 0 Å². The fourth-order valence-electron chi connectivity index (χ4n) is 2.50. The molecule has 0 bridgehead atoms. The highest BCUT2D eigenvalue weighted by Gasteiger charge is 2.31. The molecule has 1 aromatic rings. The third-order valence-corrected chi connectivity index (χ3v) is 3.58. The van der Waals surface area contributed by atoms with E-state index in [1.807, 2.05) is 32.0 Å². The summed E-state index contributed by atoms with van der Waals surface area (Å²) in [6.07, 6.45) is 1.91. The number of rotatable bonds is 4. The van der Waals surface area contributed by atoms with E-state index in [0.29, 0.717) is 6.61 Å². The molecule has 104 valence electrons. The number of hydrogen-bond donors (Lipinski definition) is 2. The van der Waals surface area contributed by atoms with Crippen LogP contribution in [0.25, 0.3) is 0 Å². The van der Waals surface area contributed by atoms with Crippen LogP contribution >= 0.6 is 0 Å². The average molecular weight is 263 g/mol. The van der Waals surface area contributed by atoms with E-state index in [4.69, 9.17) is 4.74 Å². The summed E-state index contributed by atoms with van der Waals surface area (Å²) in [5.74, 6) is 0.446. The van der Waals surface area contributed by atoms with Gasteiger partial charge in [-0.15, -0.1) is 0 Å². The van der Waals surface area contributed by atoms with Gasteiger partial charge < -0.3 is 15.2 Å². The number of aliphatic hydroxyl groups excluding tert-OH is 1. The lowest BCUT2D eigenvalue weighted by Crippen LogP contribution is -2.28. The standard InChI is InChI=1S/C15H21NO3/c1-3-19-11-7-8-13(10(2)9-11)16-15(18)12-5-4-6-14(12)17/h7-9,12,14,17H,3-6H2,1-2H3,(H,16,18). The summed E-state index contributed by atoms with van der Waals surface area (Å²) < 4.78 is 5.41. The molecule has 0 aliphatic heterocycles. The Balaban J connectivity index is 2.04. The second-order valence-electron chi connectivity index (χ2n) is 5.00. The topological polar surface area (TPSA) is 58.6 Å². The molecule has 0 saturated heterocycles. The quantitative estimate of drug-likeness (QED) is 0.877. The molecule has 2 unspecified atom stereocenters. The lowest BCUT2D eigenvalue weighted by Gasteiger charge is -2.16. The number of carbonyl (C=O) groups is 1. The molecule has 2 atom stereocenters. The van der Waals surface area contributed by atoms with E-state index in [2.05, 4.69) is 5.32 Å². The summed E-state index contributed by atoms with van der Waals surface area (Å²) in [6.45, 7) is 4.50. The first-order valence-corrected chi connectivity index (χ1v) is 6.84. The number of nitrogens with one attached hydrogen (secondary N) is 1. The monoisotopic (exact) mass is 263 g/mol. The second kappa shape index (κ2) is 6.06. The Hall–Kier alpha value is -1.55. The zero-order valence-electron chi connectivity index (χ0n) is 11.5. The lowest BCUT2D eigenvalue weighted by molar-refractivity contribution is -0.122. The van der Waals surface area contributed by atoms with Crippen molar-refractivity contribution in [3.63, 3.8) is 0 Å². The highest BCUT2D eigenvalue weighted by molar-refractivity contribution is 5.93. The number of aryl methyl sites for hydroxylation is 1. The summed E-state index contributed by atoms with van der Waals surface area (Å²) in [6, 6.07) is 5.60. The van der Waals surface area contributed by atoms with Crippen LogP contribution < -0.4 is 10.1 Å². The Morgan fingerprint density at radius 2 is 2.26 bits per heavy atom. The van der Waals surface area contributed by atoms with Gasteiger partial charge in [0.15, 0.2) is 0 Å². The maximum absolute atomic E-state index is 12.1. The van der Waals surface area contributed by atoms with E-state index in [0.717, 1.165) is 36.3 Å².